The molecular formula is C22H17F3N4OS. The zero-order chi connectivity index (χ0) is 21.8. The number of carbonyl (C=O) groups is 1. The Bertz CT molecular complexity index is 1180. The Morgan fingerprint density at radius 2 is 1.90 bits per heavy atom. The van der Waals surface area contributed by atoms with Crippen molar-refractivity contribution in [1.82, 2.24) is 14.5 Å². The summed E-state index contributed by atoms with van der Waals surface area (Å²) in [5, 5.41) is 5.04. The van der Waals surface area contributed by atoms with E-state index in [1.807, 2.05) is 35.7 Å². The first-order valence-electron chi connectivity index (χ1n) is 9.35. The van der Waals surface area contributed by atoms with E-state index >= 15 is 0 Å². The van der Waals surface area contributed by atoms with E-state index in [0.29, 0.717) is 11.6 Å². The van der Waals surface area contributed by atoms with E-state index in [-0.39, 0.29) is 17.8 Å². The summed E-state index contributed by atoms with van der Waals surface area (Å²) in [6.07, 6.45) is -0.209. The first kappa shape index (κ1) is 20.8. The fraction of sp³-hybridized carbons (Fsp3) is 0.136. The number of alkyl halides is 3. The highest BCUT2D eigenvalue weighted by molar-refractivity contribution is 7.14. The van der Waals surface area contributed by atoms with Crippen LogP contribution in [0, 0.1) is 0 Å². The van der Waals surface area contributed by atoms with E-state index in [2.05, 4.69) is 15.3 Å². The number of thiazole rings is 1. The molecule has 4 rings (SSSR count). The molecule has 0 radical (unpaired) electrons. The Hall–Kier alpha value is -3.46. The molecule has 0 saturated heterocycles. The van der Waals surface area contributed by atoms with Crippen molar-refractivity contribution in [3.8, 4) is 0 Å². The number of anilines is 1. The largest absolute Gasteiger partial charge is 0.418 e. The second-order valence-corrected chi connectivity index (χ2v) is 7.67. The third kappa shape index (κ3) is 5.00. The fourth-order valence-electron chi connectivity index (χ4n) is 3.17. The lowest BCUT2D eigenvalue weighted by atomic mass is 10.1. The van der Waals surface area contributed by atoms with Crippen LogP contribution in [0.4, 0.5) is 18.3 Å². The zero-order valence-electron chi connectivity index (χ0n) is 16.1. The van der Waals surface area contributed by atoms with Crippen molar-refractivity contribution >= 4 is 22.4 Å². The molecule has 0 aliphatic rings. The molecule has 3 aromatic heterocycles. The Morgan fingerprint density at radius 3 is 2.68 bits per heavy atom. The van der Waals surface area contributed by atoms with Gasteiger partial charge in [-0.3, -0.25) is 15.1 Å². The van der Waals surface area contributed by atoms with Crippen LogP contribution in [-0.4, -0.2) is 20.4 Å². The van der Waals surface area contributed by atoms with Crippen molar-refractivity contribution < 1.29 is 18.0 Å². The van der Waals surface area contributed by atoms with Gasteiger partial charge in [0.2, 0.25) is 0 Å². The number of halogens is 3. The number of aromatic nitrogens is 3. The number of hydrogen-bond acceptors (Lipinski definition) is 4. The predicted molar refractivity (Wildman–Crippen MR) is 112 cm³/mol. The number of benzene rings is 1. The van der Waals surface area contributed by atoms with Gasteiger partial charge in [-0.25, -0.2) is 4.98 Å². The standard InChI is InChI=1S/C22H17F3N4OS/c23-22(24,25)18-12-26-9-8-16(18)13-29-10-4-7-19(29)20(30)28-21-27-17(14-31-21)11-15-5-2-1-3-6-15/h1-10,12,14H,11,13H2,(H,27,28,30). The monoisotopic (exact) mass is 442 g/mol. The van der Waals surface area contributed by atoms with Gasteiger partial charge in [-0.05, 0) is 29.3 Å². The number of hydrogen-bond donors (Lipinski definition) is 1. The van der Waals surface area contributed by atoms with Gasteiger partial charge in [0.25, 0.3) is 5.91 Å². The number of carbonyl (C=O) groups excluding carboxylic acids is 1. The van der Waals surface area contributed by atoms with Crippen LogP contribution in [0.15, 0.2) is 72.5 Å². The number of nitrogens with zero attached hydrogens (tertiary/aromatic N) is 3. The minimum absolute atomic E-state index is 0.0344. The Balaban J connectivity index is 1.48. The van der Waals surface area contributed by atoms with Crippen LogP contribution in [-0.2, 0) is 19.1 Å². The smallest absolute Gasteiger partial charge is 0.339 e. The van der Waals surface area contributed by atoms with Gasteiger partial charge < -0.3 is 4.57 Å². The van der Waals surface area contributed by atoms with Crippen LogP contribution in [0.3, 0.4) is 0 Å². The average Bonchev–Trinajstić information content (AvgIpc) is 3.38. The summed E-state index contributed by atoms with van der Waals surface area (Å²) in [5.41, 5.74) is 1.39. The van der Waals surface area contributed by atoms with Gasteiger partial charge in [-0.1, -0.05) is 30.3 Å². The van der Waals surface area contributed by atoms with E-state index < -0.39 is 17.6 Å². The highest BCUT2D eigenvalue weighted by Gasteiger charge is 2.33. The summed E-state index contributed by atoms with van der Waals surface area (Å²) in [7, 11) is 0. The van der Waals surface area contributed by atoms with E-state index in [9.17, 15) is 18.0 Å². The summed E-state index contributed by atoms with van der Waals surface area (Å²) in [4.78, 5) is 20.7. The molecule has 0 aliphatic carbocycles. The molecule has 3 heterocycles. The predicted octanol–water partition coefficient (Wildman–Crippen LogP) is 5.25. The van der Waals surface area contributed by atoms with Crippen LogP contribution < -0.4 is 5.32 Å². The summed E-state index contributed by atoms with van der Waals surface area (Å²) in [6, 6.07) is 14.3. The molecule has 1 N–H and O–H groups in total. The van der Waals surface area contributed by atoms with Crippen molar-refractivity contribution in [1.29, 1.82) is 0 Å². The second kappa shape index (κ2) is 8.73. The lowest BCUT2D eigenvalue weighted by Crippen LogP contribution is -2.18. The maximum Gasteiger partial charge on any atom is 0.418 e. The lowest BCUT2D eigenvalue weighted by molar-refractivity contribution is -0.138. The third-order valence-electron chi connectivity index (χ3n) is 4.62. The Kier molecular flexibility index (Phi) is 5.85. The van der Waals surface area contributed by atoms with Gasteiger partial charge in [0.05, 0.1) is 11.3 Å². The number of nitrogens with one attached hydrogen (secondary N) is 1. The molecule has 0 aliphatic heterocycles. The molecule has 9 heteroatoms. The Morgan fingerprint density at radius 1 is 1.10 bits per heavy atom. The first-order chi connectivity index (χ1) is 14.9. The van der Waals surface area contributed by atoms with E-state index in [1.54, 1.807) is 18.3 Å². The normalized spacial score (nSPS) is 11.5. The summed E-state index contributed by atoms with van der Waals surface area (Å²) in [6.45, 7) is -0.107. The van der Waals surface area contributed by atoms with Gasteiger partial charge in [-0.15, -0.1) is 11.3 Å². The van der Waals surface area contributed by atoms with Crippen LogP contribution >= 0.6 is 11.3 Å². The van der Waals surface area contributed by atoms with Crippen LogP contribution in [0.5, 0.6) is 0 Å². The molecule has 0 bridgehead atoms. The average molecular weight is 442 g/mol. The fourth-order valence-corrected chi connectivity index (χ4v) is 3.88. The summed E-state index contributed by atoms with van der Waals surface area (Å²) >= 11 is 1.30. The van der Waals surface area contributed by atoms with E-state index in [0.717, 1.165) is 17.5 Å². The van der Waals surface area contributed by atoms with Crippen molar-refractivity contribution in [3.63, 3.8) is 0 Å². The van der Waals surface area contributed by atoms with Crippen molar-refractivity contribution in [3.05, 3.63) is 101 Å². The topological polar surface area (TPSA) is 59.8 Å². The van der Waals surface area contributed by atoms with Gasteiger partial charge in [0.15, 0.2) is 5.13 Å². The van der Waals surface area contributed by atoms with Gasteiger partial charge >= 0.3 is 6.18 Å². The molecular weight excluding hydrogens is 425 g/mol. The molecule has 1 aromatic carbocycles. The van der Waals surface area contributed by atoms with Crippen LogP contribution in [0.2, 0.25) is 0 Å². The van der Waals surface area contributed by atoms with Crippen molar-refractivity contribution in [2.45, 2.75) is 19.1 Å². The molecule has 0 atom stereocenters. The quantitative estimate of drug-likeness (QED) is 0.444. The molecule has 0 unspecified atom stereocenters. The molecule has 0 spiro atoms. The number of pyridine rings is 1. The van der Waals surface area contributed by atoms with E-state index in [4.69, 9.17) is 0 Å². The number of amides is 1. The Labute approximate surface area is 180 Å². The molecule has 31 heavy (non-hydrogen) atoms. The maximum atomic E-state index is 13.2. The van der Waals surface area contributed by atoms with Crippen molar-refractivity contribution in [2.75, 3.05) is 5.32 Å². The van der Waals surface area contributed by atoms with Gasteiger partial charge in [0.1, 0.15) is 5.69 Å². The van der Waals surface area contributed by atoms with Gasteiger partial charge in [-0.2, -0.15) is 13.2 Å². The second-order valence-electron chi connectivity index (χ2n) is 6.81. The SMILES string of the molecule is O=C(Nc1nc(Cc2ccccc2)cs1)c1cccn1Cc1ccncc1C(F)(F)F. The van der Waals surface area contributed by atoms with Crippen molar-refractivity contribution in [2.24, 2.45) is 0 Å². The minimum atomic E-state index is -4.52. The third-order valence-corrected chi connectivity index (χ3v) is 5.43. The maximum absolute atomic E-state index is 13.2. The molecule has 0 fully saturated rings. The highest BCUT2D eigenvalue weighted by Crippen LogP contribution is 2.31. The summed E-state index contributed by atoms with van der Waals surface area (Å²) in [5.74, 6) is -0.437. The van der Waals surface area contributed by atoms with Crippen LogP contribution in [0.25, 0.3) is 0 Å². The lowest BCUT2D eigenvalue weighted by Gasteiger charge is -2.14. The molecule has 158 valence electrons. The van der Waals surface area contributed by atoms with Gasteiger partial charge in [0, 0.05) is 36.9 Å². The molecule has 5 nitrogen and oxygen atoms in total. The van der Waals surface area contributed by atoms with Crippen LogP contribution in [0.1, 0.15) is 32.9 Å². The number of rotatable bonds is 6. The minimum Gasteiger partial charge on any atom is -0.339 e. The zero-order valence-corrected chi connectivity index (χ0v) is 17.0. The molecule has 1 amide bonds. The summed E-state index contributed by atoms with van der Waals surface area (Å²) < 4.78 is 41.2. The molecule has 4 aromatic rings. The molecule has 0 saturated carbocycles. The highest BCUT2D eigenvalue weighted by atomic mass is 32.1. The first-order valence-corrected chi connectivity index (χ1v) is 10.2. The van der Waals surface area contributed by atoms with E-state index in [1.165, 1.54) is 28.2 Å².